The summed E-state index contributed by atoms with van der Waals surface area (Å²) >= 11 is 0. The molecule has 18 heavy (non-hydrogen) atoms. The zero-order valence-electron chi connectivity index (χ0n) is 12.5. The predicted molar refractivity (Wildman–Crippen MR) is 77.9 cm³/mol. The van der Waals surface area contributed by atoms with Crippen molar-refractivity contribution < 1.29 is 0 Å². The fourth-order valence-electron chi connectivity index (χ4n) is 2.11. The lowest BCUT2D eigenvalue weighted by Gasteiger charge is -2.08. The third-order valence-corrected chi connectivity index (χ3v) is 3.06. The molecule has 1 aromatic rings. The number of nitrogens with one attached hydrogen (secondary N) is 1. The Morgan fingerprint density at radius 1 is 1.39 bits per heavy atom. The minimum Gasteiger partial charge on any atom is -0.316 e. The van der Waals surface area contributed by atoms with E-state index in [9.17, 15) is 0 Å². The molecular weight excluding hydrogens is 222 g/mol. The molecule has 102 valence electrons. The third kappa shape index (κ3) is 4.30. The van der Waals surface area contributed by atoms with E-state index in [4.69, 9.17) is 0 Å². The zero-order valence-corrected chi connectivity index (χ0v) is 12.5. The molecule has 0 spiro atoms. The standard InChI is InChI=1S/C15H27N3/c1-11(2)9-16-8-7-15-13(5)17-18(14(15)6)10-12(3)4/h11,16H,3,7-10H2,1-2,4-6H3. The molecule has 0 bridgehead atoms. The smallest absolute Gasteiger partial charge is 0.0629 e. The molecule has 0 unspecified atom stereocenters. The van der Waals surface area contributed by atoms with Crippen LogP contribution in [0.25, 0.3) is 0 Å². The highest BCUT2D eigenvalue weighted by molar-refractivity contribution is 5.25. The highest BCUT2D eigenvalue weighted by Crippen LogP contribution is 2.14. The summed E-state index contributed by atoms with van der Waals surface area (Å²) in [6.45, 7) is 17.6. The molecule has 1 N–H and O–H groups in total. The number of rotatable bonds is 7. The Morgan fingerprint density at radius 2 is 2.06 bits per heavy atom. The van der Waals surface area contributed by atoms with Gasteiger partial charge in [-0.2, -0.15) is 5.10 Å². The van der Waals surface area contributed by atoms with Crippen molar-refractivity contribution in [1.29, 1.82) is 0 Å². The molecule has 0 saturated heterocycles. The van der Waals surface area contributed by atoms with E-state index < -0.39 is 0 Å². The lowest BCUT2D eigenvalue weighted by Crippen LogP contribution is -2.22. The van der Waals surface area contributed by atoms with Gasteiger partial charge in [-0.05, 0) is 51.8 Å². The van der Waals surface area contributed by atoms with E-state index in [1.54, 1.807) is 0 Å². The van der Waals surface area contributed by atoms with E-state index in [0.29, 0.717) is 5.92 Å². The summed E-state index contributed by atoms with van der Waals surface area (Å²) in [5.41, 5.74) is 4.96. The highest BCUT2D eigenvalue weighted by Gasteiger charge is 2.10. The third-order valence-electron chi connectivity index (χ3n) is 3.06. The van der Waals surface area contributed by atoms with Crippen molar-refractivity contribution in [1.82, 2.24) is 15.1 Å². The second kappa shape index (κ2) is 6.74. The van der Waals surface area contributed by atoms with Gasteiger partial charge in [0.15, 0.2) is 0 Å². The largest absolute Gasteiger partial charge is 0.316 e. The highest BCUT2D eigenvalue weighted by atomic mass is 15.3. The monoisotopic (exact) mass is 249 g/mol. The number of allylic oxidation sites excluding steroid dienone is 1. The van der Waals surface area contributed by atoms with Crippen LogP contribution in [0, 0.1) is 19.8 Å². The van der Waals surface area contributed by atoms with E-state index in [1.807, 2.05) is 6.92 Å². The summed E-state index contributed by atoms with van der Waals surface area (Å²) < 4.78 is 2.06. The lowest BCUT2D eigenvalue weighted by molar-refractivity contribution is 0.553. The van der Waals surface area contributed by atoms with Gasteiger partial charge >= 0.3 is 0 Å². The molecule has 0 fully saturated rings. The fourth-order valence-corrected chi connectivity index (χ4v) is 2.11. The van der Waals surface area contributed by atoms with Crippen molar-refractivity contribution in [3.8, 4) is 0 Å². The van der Waals surface area contributed by atoms with Crippen LogP contribution < -0.4 is 5.32 Å². The van der Waals surface area contributed by atoms with Gasteiger partial charge in [-0.25, -0.2) is 0 Å². The van der Waals surface area contributed by atoms with Gasteiger partial charge in [0.2, 0.25) is 0 Å². The van der Waals surface area contributed by atoms with Crippen LogP contribution in [-0.4, -0.2) is 22.9 Å². The van der Waals surface area contributed by atoms with Crippen molar-refractivity contribution in [3.63, 3.8) is 0 Å². The Bertz CT molecular complexity index is 402. The van der Waals surface area contributed by atoms with E-state index in [-0.39, 0.29) is 0 Å². The number of hydrogen-bond donors (Lipinski definition) is 1. The van der Waals surface area contributed by atoms with Gasteiger partial charge in [-0.3, -0.25) is 4.68 Å². The molecule has 3 nitrogen and oxygen atoms in total. The van der Waals surface area contributed by atoms with Gasteiger partial charge in [-0.1, -0.05) is 26.0 Å². The van der Waals surface area contributed by atoms with Crippen molar-refractivity contribution in [2.24, 2.45) is 5.92 Å². The Labute approximate surface area is 111 Å². The fraction of sp³-hybridized carbons (Fsp3) is 0.667. The number of hydrogen-bond acceptors (Lipinski definition) is 2. The molecule has 3 heteroatoms. The number of aromatic nitrogens is 2. The van der Waals surface area contributed by atoms with Crippen LogP contribution in [0.1, 0.15) is 37.7 Å². The van der Waals surface area contributed by atoms with Crippen molar-refractivity contribution >= 4 is 0 Å². The molecule has 0 aliphatic carbocycles. The van der Waals surface area contributed by atoms with Crippen molar-refractivity contribution in [2.75, 3.05) is 13.1 Å². The normalized spacial score (nSPS) is 11.2. The summed E-state index contributed by atoms with van der Waals surface area (Å²) in [7, 11) is 0. The topological polar surface area (TPSA) is 29.9 Å². The average Bonchev–Trinajstić information content (AvgIpc) is 2.49. The maximum Gasteiger partial charge on any atom is 0.0629 e. The predicted octanol–water partition coefficient (Wildman–Crippen LogP) is 2.86. The molecular formula is C15H27N3. The van der Waals surface area contributed by atoms with E-state index in [2.05, 4.69) is 49.4 Å². The summed E-state index contributed by atoms with van der Waals surface area (Å²) in [6.07, 6.45) is 1.06. The van der Waals surface area contributed by atoms with E-state index >= 15 is 0 Å². The minimum atomic E-state index is 0.707. The number of nitrogens with zero attached hydrogens (tertiary/aromatic N) is 2. The van der Waals surface area contributed by atoms with Crippen LogP contribution >= 0.6 is 0 Å². The molecule has 0 saturated carbocycles. The molecule has 0 aliphatic heterocycles. The Morgan fingerprint density at radius 3 is 2.61 bits per heavy atom. The molecule has 0 aliphatic rings. The van der Waals surface area contributed by atoms with Crippen LogP contribution in [0.5, 0.6) is 0 Å². The number of aryl methyl sites for hydroxylation is 1. The molecule has 0 aromatic carbocycles. The second-order valence-corrected chi connectivity index (χ2v) is 5.61. The first-order valence-corrected chi connectivity index (χ1v) is 6.79. The maximum atomic E-state index is 4.59. The Kier molecular flexibility index (Phi) is 5.60. The van der Waals surface area contributed by atoms with E-state index in [1.165, 1.54) is 11.3 Å². The minimum absolute atomic E-state index is 0.707. The SMILES string of the molecule is C=C(C)Cn1nc(C)c(CCNCC(C)C)c1C. The van der Waals surface area contributed by atoms with Crippen LogP contribution in [0.3, 0.4) is 0 Å². The maximum absolute atomic E-state index is 4.59. The zero-order chi connectivity index (χ0) is 13.7. The molecule has 0 amide bonds. The molecule has 0 atom stereocenters. The first kappa shape index (κ1) is 15.0. The van der Waals surface area contributed by atoms with Crippen LogP contribution in [0.15, 0.2) is 12.2 Å². The van der Waals surface area contributed by atoms with Crippen LogP contribution in [-0.2, 0) is 13.0 Å². The van der Waals surface area contributed by atoms with Crippen LogP contribution in [0.4, 0.5) is 0 Å². The summed E-state index contributed by atoms with van der Waals surface area (Å²) in [5, 5.41) is 8.08. The Balaban J connectivity index is 2.60. The van der Waals surface area contributed by atoms with Gasteiger partial charge in [0, 0.05) is 5.69 Å². The summed E-state index contributed by atoms with van der Waals surface area (Å²) in [5.74, 6) is 0.707. The first-order chi connectivity index (χ1) is 8.41. The van der Waals surface area contributed by atoms with Gasteiger partial charge < -0.3 is 5.32 Å². The molecule has 1 heterocycles. The molecule has 1 rings (SSSR count). The van der Waals surface area contributed by atoms with Gasteiger partial charge in [0.25, 0.3) is 0 Å². The Hall–Kier alpha value is -1.09. The van der Waals surface area contributed by atoms with E-state index in [0.717, 1.165) is 37.3 Å². The second-order valence-electron chi connectivity index (χ2n) is 5.61. The van der Waals surface area contributed by atoms with Gasteiger partial charge in [0.05, 0.1) is 12.2 Å². The molecule has 1 aromatic heterocycles. The van der Waals surface area contributed by atoms with Crippen LogP contribution in [0.2, 0.25) is 0 Å². The van der Waals surface area contributed by atoms with Crippen molar-refractivity contribution in [3.05, 3.63) is 29.1 Å². The molecule has 0 radical (unpaired) electrons. The summed E-state index contributed by atoms with van der Waals surface area (Å²) in [6, 6.07) is 0. The first-order valence-electron chi connectivity index (χ1n) is 6.79. The average molecular weight is 249 g/mol. The van der Waals surface area contributed by atoms with Gasteiger partial charge in [0.1, 0.15) is 0 Å². The summed E-state index contributed by atoms with van der Waals surface area (Å²) in [4.78, 5) is 0. The van der Waals surface area contributed by atoms with Gasteiger partial charge in [-0.15, -0.1) is 0 Å². The quantitative estimate of drug-likeness (QED) is 0.595. The van der Waals surface area contributed by atoms with Crippen molar-refractivity contribution in [2.45, 2.75) is 47.6 Å². The lowest BCUT2D eigenvalue weighted by atomic mass is 10.1.